The molecule has 24 heavy (non-hydrogen) atoms. The maximum Gasteiger partial charge on any atom is 0.319 e. The molecule has 7 nitrogen and oxygen atoms in total. The molecule has 7 heteroatoms. The summed E-state index contributed by atoms with van der Waals surface area (Å²) in [5, 5.41) is 8.86. The number of nitrogens with one attached hydrogen (secondary N) is 3. The van der Waals surface area contributed by atoms with Crippen LogP contribution < -0.4 is 20.7 Å². The number of aromatic nitrogens is 2. The van der Waals surface area contributed by atoms with Crippen molar-refractivity contribution >= 4 is 17.5 Å². The zero-order chi connectivity index (χ0) is 16.8. The second kappa shape index (κ2) is 7.63. The van der Waals surface area contributed by atoms with Crippen LogP contribution in [0, 0.1) is 0 Å². The fourth-order valence-electron chi connectivity index (χ4n) is 2.56. The molecule has 0 fully saturated rings. The average molecular weight is 327 g/mol. The fraction of sp³-hybridized carbons (Fsp3) is 0.353. The Kier molecular flexibility index (Phi) is 5.10. The van der Waals surface area contributed by atoms with Crippen LogP contribution in [0.3, 0.4) is 0 Å². The molecule has 0 bridgehead atoms. The summed E-state index contributed by atoms with van der Waals surface area (Å²) in [4.78, 5) is 20.5. The van der Waals surface area contributed by atoms with Crippen molar-refractivity contribution < 1.29 is 9.53 Å². The summed E-state index contributed by atoms with van der Waals surface area (Å²) in [7, 11) is 1.55. The fourth-order valence-corrected chi connectivity index (χ4v) is 2.56. The summed E-state index contributed by atoms with van der Waals surface area (Å²) in [6, 6.07) is 7.31. The predicted molar refractivity (Wildman–Crippen MR) is 92.6 cm³/mol. The molecular weight excluding hydrogens is 306 g/mol. The van der Waals surface area contributed by atoms with Gasteiger partial charge in [-0.1, -0.05) is 6.07 Å². The maximum atomic E-state index is 11.9. The minimum absolute atomic E-state index is 0.266. The van der Waals surface area contributed by atoms with Crippen molar-refractivity contribution in [2.75, 3.05) is 30.8 Å². The number of fused-ring (bicyclic) bond motifs is 1. The van der Waals surface area contributed by atoms with E-state index in [2.05, 4.69) is 32.0 Å². The first kappa shape index (κ1) is 16.0. The maximum absolute atomic E-state index is 11.9. The summed E-state index contributed by atoms with van der Waals surface area (Å²) in [5.74, 6) is 1.49. The molecule has 2 amide bonds. The number of aryl methyl sites for hydroxylation is 1. The number of anilines is 2. The molecule has 0 spiro atoms. The monoisotopic (exact) mass is 327 g/mol. The number of urea groups is 1. The number of hydrogen-bond donors (Lipinski definition) is 3. The number of carbonyl (C=O) groups is 1. The van der Waals surface area contributed by atoms with Gasteiger partial charge in [0.15, 0.2) is 0 Å². The normalized spacial score (nSPS) is 12.7. The van der Waals surface area contributed by atoms with Crippen LogP contribution in [-0.4, -0.2) is 36.2 Å². The highest BCUT2D eigenvalue weighted by Crippen LogP contribution is 2.19. The first-order valence-corrected chi connectivity index (χ1v) is 8.02. The first-order chi connectivity index (χ1) is 11.7. The van der Waals surface area contributed by atoms with E-state index in [-0.39, 0.29) is 6.03 Å². The van der Waals surface area contributed by atoms with Crippen LogP contribution in [0.5, 0.6) is 5.88 Å². The highest BCUT2D eigenvalue weighted by atomic mass is 16.5. The van der Waals surface area contributed by atoms with Gasteiger partial charge < -0.3 is 20.7 Å². The third-order valence-corrected chi connectivity index (χ3v) is 3.82. The smallest absolute Gasteiger partial charge is 0.319 e. The SMILES string of the molecule is COc1ccc(NC(=O)NCCc2ccc3c(n2)NCCC3)cn1. The summed E-state index contributed by atoms with van der Waals surface area (Å²) in [6.45, 7) is 1.49. The van der Waals surface area contributed by atoms with Crippen LogP contribution >= 0.6 is 0 Å². The van der Waals surface area contributed by atoms with Crippen molar-refractivity contribution in [3.63, 3.8) is 0 Å². The van der Waals surface area contributed by atoms with Gasteiger partial charge in [-0.15, -0.1) is 0 Å². The second-order valence-electron chi connectivity index (χ2n) is 5.56. The van der Waals surface area contributed by atoms with E-state index >= 15 is 0 Å². The number of pyridine rings is 2. The number of methoxy groups -OCH3 is 1. The van der Waals surface area contributed by atoms with Crippen LogP contribution in [0.15, 0.2) is 30.5 Å². The van der Waals surface area contributed by atoms with Crippen molar-refractivity contribution in [2.45, 2.75) is 19.3 Å². The molecule has 1 aliphatic rings. The van der Waals surface area contributed by atoms with E-state index in [1.165, 1.54) is 5.56 Å². The van der Waals surface area contributed by atoms with Gasteiger partial charge in [-0.25, -0.2) is 14.8 Å². The molecule has 2 aromatic rings. The van der Waals surface area contributed by atoms with Crippen LogP contribution in [-0.2, 0) is 12.8 Å². The van der Waals surface area contributed by atoms with Crippen molar-refractivity contribution in [1.82, 2.24) is 15.3 Å². The minimum Gasteiger partial charge on any atom is -0.481 e. The molecule has 0 unspecified atom stereocenters. The molecule has 0 atom stereocenters. The summed E-state index contributed by atoms with van der Waals surface area (Å²) >= 11 is 0. The number of hydrogen-bond acceptors (Lipinski definition) is 5. The van der Waals surface area contributed by atoms with Gasteiger partial charge >= 0.3 is 6.03 Å². The lowest BCUT2D eigenvalue weighted by Gasteiger charge is -2.17. The van der Waals surface area contributed by atoms with Gasteiger partial charge in [-0.2, -0.15) is 0 Å². The topological polar surface area (TPSA) is 88.2 Å². The van der Waals surface area contributed by atoms with Gasteiger partial charge in [0.1, 0.15) is 5.82 Å². The Balaban J connectivity index is 1.46. The summed E-state index contributed by atoms with van der Waals surface area (Å²) < 4.78 is 4.98. The number of nitrogens with zero attached hydrogens (tertiary/aromatic N) is 2. The Bertz CT molecular complexity index is 703. The number of ether oxygens (including phenoxy) is 1. The largest absolute Gasteiger partial charge is 0.481 e. The molecule has 0 radical (unpaired) electrons. The summed E-state index contributed by atoms with van der Waals surface area (Å²) in [6.07, 6.45) is 4.46. The first-order valence-electron chi connectivity index (χ1n) is 8.02. The highest BCUT2D eigenvalue weighted by Gasteiger charge is 2.10. The quantitative estimate of drug-likeness (QED) is 0.783. The van der Waals surface area contributed by atoms with Crippen LogP contribution in [0.1, 0.15) is 17.7 Å². The predicted octanol–water partition coefficient (Wildman–Crippen LogP) is 2.21. The van der Waals surface area contributed by atoms with Gasteiger partial charge in [-0.05, 0) is 30.5 Å². The highest BCUT2D eigenvalue weighted by molar-refractivity contribution is 5.88. The van der Waals surface area contributed by atoms with Gasteiger partial charge in [0.05, 0.1) is 19.0 Å². The molecule has 3 N–H and O–H groups in total. The van der Waals surface area contributed by atoms with Gasteiger partial charge in [-0.3, -0.25) is 0 Å². The molecule has 126 valence electrons. The summed E-state index contributed by atoms with van der Waals surface area (Å²) in [5.41, 5.74) is 2.85. The minimum atomic E-state index is -0.266. The zero-order valence-electron chi connectivity index (χ0n) is 13.6. The molecule has 0 aromatic carbocycles. The molecule has 2 aromatic heterocycles. The van der Waals surface area contributed by atoms with E-state index < -0.39 is 0 Å². The van der Waals surface area contributed by atoms with Crippen molar-refractivity contribution in [3.8, 4) is 5.88 Å². The van der Waals surface area contributed by atoms with Gasteiger partial charge in [0.25, 0.3) is 0 Å². The standard InChI is InChI=1S/C17H21N5O2/c1-24-15-7-6-14(11-20-15)22-17(23)19-10-8-13-5-4-12-3-2-9-18-16(12)21-13/h4-7,11H,2-3,8-10H2,1H3,(H,18,21)(H2,19,22,23). The van der Waals surface area contributed by atoms with Crippen molar-refractivity contribution in [3.05, 3.63) is 41.7 Å². The third-order valence-electron chi connectivity index (χ3n) is 3.82. The molecule has 0 saturated heterocycles. The van der Waals surface area contributed by atoms with E-state index in [9.17, 15) is 4.79 Å². The van der Waals surface area contributed by atoms with E-state index in [0.717, 1.165) is 30.9 Å². The third kappa shape index (κ3) is 4.13. The van der Waals surface area contributed by atoms with Crippen molar-refractivity contribution in [1.29, 1.82) is 0 Å². The Hall–Kier alpha value is -2.83. The molecule has 3 heterocycles. The van der Waals surface area contributed by atoms with Gasteiger partial charge in [0.2, 0.25) is 5.88 Å². The second-order valence-corrected chi connectivity index (χ2v) is 5.56. The van der Waals surface area contributed by atoms with E-state index in [4.69, 9.17) is 4.74 Å². The lowest BCUT2D eigenvalue weighted by molar-refractivity contribution is 0.252. The van der Waals surface area contributed by atoms with E-state index in [1.54, 1.807) is 25.4 Å². The molecule has 1 aliphatic heterocycles. The molecule has 0 aliphatic carbocycles. The zero-order valence-corrected chi connectivity index (χ0v) is 13.6. The van der Waals surface area contributed by atoms with E-state index in [0.29, 0.717) is 24.5 Å². The number of amides is 2. The Morgan fingerprint density at radius 1 is 1.33 bits per heavy atom. The molecular formula is C17H21N5O2. The average Bonchev–Trinajstić information content (AvgIpc) is 2.62. The van der Waals surface area contributed by atoms with Crippen molar-refractivity contribution in [2.24, 2.45) is 0 Å². The molecule has 0 saturated carbocycles. The molecule has 3 rings (SSSR count). The van der Waals surface area contributed by atoms with Gasteiger partial charge in [0, 0.05) is 31.3 Å². The number of rotatable bonds is 5. The van der Waals surface area contributed by atoms with Crippen LogP contribution in [0.25, 0.3) is 0 Å². The Morgan fingerprint density at radius 2 is 2.25 bits per heavy atom. The lowest BCUT2D eigenvalue weighted by Crippen LogP contribution is -2.30. The Labute approximate surface area is 140 Å². The van der Waals surface area contributed by atoms with E-state index in [1.807, 2.05) is 6.07 Å². The Morgan fingerprint density at radius 3 is 3.04 bits per heavy atom. The number of carbonyl (C=O) groups excluding carboxylic acids is 1. The van der Waals surface area contributed by atoms with Crippen LogP contribution in [0.2, 0.25) is 0 Å². The lowest BCUT2D eigenvalue weighted by atomic mass is 10.1. The van der Waals surface area contributed by atoms with Crippen LogP contribution in [0.4, 0.5) is 16.3 Å².